The first-order valence-electron chi connectivity index (χ1n) is 7.17. The molecular formula is C13H18BNO6S. The Morgan fingerprint density at radius 3 is 2.36 bits per heavy atom. The van der Waals surface area contributed by atoms with Crippen molar-refractivity contribution in [1.29, 1.82) is 0 Å². The molecule has 3 rings (SSSR count). The molecule has 0 bridgehead atoms. The Hall–Kier alpha value is -0.965. The Morgan fingerprint density at radius 2 is 1.77 bits per heavy atom. The van der Waals surface area contributed by atoms with E-state index in [9.17, 15) is 18.5 Å². The fraction of sp³-hybridized carbons (Fsp3) is 0.538. The number of benzene rings is 1. The normalized spacial score (nSPS) is 22.1. The summed E-state index contributed by atoms with van der Waals surface area (Å²) >= 11 is 0. The molecule has 7 nitrogen and oxygen atoms in total. The molecule has 0 unspecified atom stereocenters. The summed E-state index contributed by atoms with van der Waals surface area (Å²) in [7, 11) is -5.36. The van der Waals surface area contributed by atoms with Crippen LogP contribution < -0.4 is 5.46 Å². The molecule has 2 heterocycles. The van der Waals surface area contributed by atoms with Crippen molar-refractivity contribution in [3.8, 4) is 0 Å². The van der Waals surface area contributed by atoms with Crippen molar-refractivity contribution in [1.82, 2.24) is 4.31 Å². The molecule has 0 saturated carbocycles. The zero-order valence-corrected chi connectivity index (χ0v) is 12.8. The highest BCUT2D eigenvalue weighted by Crippen LogP contribution is 2.33. The molecule has 2 fully saturated rings. The van der Waals surface area contributed by atoms with Crippen LogP contribution in [0.5, 0.6) is 0 Å². The van der Waals surface area contributed by atoms with Crippen LogP contribution in [0.3, 0.4) is 0 Å². The Balaban J connectivity index is 1.78. The first-order valence-corrected chi connectivity index (χ1v) is 8.61. The third-order valence-electron chi connectivity index (χ3n) is 4.09. The van der Waals surface area contributed by atoms with Gasteiger partial charge in [-0.15, -0.1) is 0 Å². The standard InChI is InChI=1S/C13H18BNO6S/c16-14(17)11-2-1-3-12(10-11)22(18,19)15-6-4-13(5-7-15)20-8-9-21-13/h1-3,10,16-17H,4-9H2. The SMILES string of the molecule is O=S(=O)(c1cccc(B(O)O)c1)N1CCC2(CC1)OCCO2. The zero-order valence-electron chi connectivity index (χ0n) is 12.0. The second-order valence-corrected chi connectivity index (χ2v) is 7.40. The predicted molar refractivity (Wildman–Crippen MR) is 78.9 cm³/mol. The van der Waals surface area contributed by atoms with Crippen LogP contribution in [0, 0.1) is 0 Å². The minimum absolute atomic E-state index is 0.0577. The van der Waals surface area contributed by atoms with Gasteiger partial charge in [0.1, 0.15) is 0 Å². The molecule has 0 aromatic heterocycles. The smallest absolute Gasteiger partial charge is 0.423 e. The Morgan fingerprint density at radius 1 is 1.14 bits per heavy atom. The molecule has 0 radical (unpaired) electrons. The maximum Gasteiger partial charge on any atom is 0.488 e. The van der Waals surface area contributed by atoms with Gasteiger partial charge in [-0.2, -0.15) is 4.31 Å². The van der Waals surface area contributed by atoms with Crippen LogP contribution in [0.4, 0.5) is 0 Å². The van der Waals surface area contributed by atoms with Crippen LogP contribution in [0.2, 0.25) is 0 Å². The highest BCUT2D eigenvalue weighted by atomic mass is 32.2. The van der Waals surface area contributed by atoms with E-state index in [1.807, 2.05) is 0 Å². The molecule has 0 atom stereocenters. The van der Waals surface area contributed by atoms with Crippen LogP contribution in [-0.4, -0.2) is 62.0 Å². The molecule has 1 aromatic rings. The van der Waals surface area contributed by atoms with Crippen LogP contribution in [0.25, 0.3) is 0 Å². The third kappa shape index (κ3) is 2.92. The first-order chi connectivity index (χ1) is 10.4. The van der Waals surface area contributed by atoms with E-state index in [4.69, 9.17) is 9.47 Å². The van der Waals surface area contributed by atoms with E-state index in [-0.39, 0.29) is 10.4 Å². The van der Waals surface area contributed by atoms with Crippen LogP contribution in [-0.2, 0) is 19.5 Å². The highest BCUT2D eigenvalue weighted by molar-refractivity contribution is 7.89. The van der Waals surface area contributed by atoms with Gasteiger partial charge in [-0.25, -0.2) is 8.42 Å². The highest BCUT2D eigenvalue weighted by Gasteiger charge is 2.42. The number of piperidine rings is 1. The molecule has 0 amide bonds. The largest absolute Gasteiger partial charge is 0.488 e. The zero-order chi connectivity index (χ0) is 15.8. The second kappa shape index (κ2) is 5.91. The summed E-state index contributed by atoms with van der Waals surface area (Å²) in [6.07, 6.45) is 0.989. The van der Waals surface area contributed by atoms with Crippen molar-refractivity contribution in [2.45, 2.75) is 23.5 Å². The molecule has 120 valence electrons. The van der Waals surface area contributed by atoms with Gasteiger partial charge in [0.2, 0.25) is 10.0 Å². The Labute approximate surface area is 129 Å². The van der Waals surface area contributed by atoms with E-state index < -0.39 is 22.9 Å². The molecule has 1 spiro atoms. The van der Waals surface area contributed by atoms with Gasteiger partial charge in [-0.05, 0) is 17.6 Å². The van der Waals surface area contributed by atoms with Crippen LogP contribution >= 0.6 is 0 Å². The lowest BCUT2D eigenvalue weighted by Crippen LogP contribution is -2.47. The number of rotatable bonds is 3. The summed E-state index contributed by atoms with van der Waals surface area (Å²) in [6, 6.07) is 5.70. The first kappa shape index (κ1) is 15.9. The van der Waals surface area contributed by atoms with E-state index in [0.717, 1.165) is 0 Å². The molecule has 0 aliphatic carbocycles. The number of hydrogen-bond acceptors (Lipinski definition) is 6. The number of nitrogens with zero attached hydrogens (tertiary/aromatic N) is 1. The van der Waals surface area contributed by atoms with Gasteiger partial charge < -0.3 is 19.5 Å². The molecule has 9 heteroatoms. The molecule has 22 heavy (non-hydrogen) atoms. The molecule has 1 aromatic carbocycles. The lowest BCUT2D eigenvalue weighted by atomic mass is 9.80. The van der Waals surface area contributed by atoms with Gasteiger partial charge in [0, 0.05) is 25.9 Å². The van der Waals surface area contributed by atoms with Gasteiger partial charge in [0.05, 0.1) is 18.1 Å². The maximum absolute atomic E-state index is 12.6. The average Bonchev–Trinajstić information content (AvgIpc) is 2.96. The van der Waals surface area contributed by atoms with E-state index in [1.165, 1.54) is 28.6 Å². The van der Waals surface area contributed by atoms with E-state index in [1.54, 1.807) is 0 Å². The van der Waals surface area contributed by atoms with Crippen molar-refractivity contribution in [2.24, 2.45) is 0 Å². The minimum atomic E-state index is -3.66. The van der Waals surface area contributed by atoms with Crippen molar-refractivity contribution < 1.29 is 27.9 Å². The molecule has 2 aliphatic rings. The van der Waals surface area contributed by atoms with E-state index in [0.29, 0.717) is 39.1 Å². The van der Waals surface area contributed by atoms with Crippen LogP contribution in [0.15, 0.2) is 29.2 Å². The quantitative estimate of drug-likeness (QED) is 0.684. The molecular weight excluding hydrogens is 309 g/mol. The maximum atomic E-state index is 12.6. The van der Waals surface area contributed by atoms with Gasteiger partial charge in [-0.1, -0.05) is 12.1 Å². The minimum Gasteiger partial charge on any atom is -0.423 e. The molecule has 2 N–H and O–H groups in total. The number of ether oxygens (including phenoxy) is 2. The fourth-order valence-electron chi connectivity index (χ4n) is 2.84. The van der Waals surface area contributed by atoms with E-state index >= 15 is 0 Å². The summed E-state index contributed by atoms with van der Waals surface area (Å²) < 4.78 is 37.9. The molecule has 2 aliphatic heterocycles. The fourth-order valence-corrected chi connectivity index (χ4v) is 4.33. The van der Waals surface area contributed by atoms with Crippen LogP contribution in [0.1, 0.15) is 12.8 Å². The predicted octanol–water partition coefficient (Wildman–Crippen LogP) is -1.11. The topological polar surface area (TPSA) is 96.3 Å². The summed E-state index contributed by atoms with van der Waals surface area (Å²) in [5.74, 6) is -0.630. The van der Waals surface area contributed by atoms with Crippen molar-refractivity contribution in [2.75, 3.05) is 26.3 Å². The van der Waals surface area contributed by atoms with E-state index in [2.05, 4.69) is 0 Å². The monoisotopic (exact) mass is 327 g/mol. The van der Waals surface area contributed by atoms with Crippen molar-refractivity contribution >= 4 is 22.6 Å². The summed E-state index contributed by atoms with van der Waals surface area (Å²) in [5.41, 5.74) is 0.150. The Bertz CT molecular complexity index is 634. The van der Waals surface area contributed by atoms with Crippen molar-refractivity contribution in [3.05, 3.63) is 24.3 Å². The number of sulfonamides is 1. The van der Waals surface area contributed by atoms with Gasteiger partial charge in [0.15, 0.2) is 5.79 Å². The average molecular weight is 327 g/mol. The second-order valence-electron chi connectivity index (χ2n) is 5.46. The summed E-state index contributed by atoms with van der Waals surface area (Å²) in [6.45, 7) is 1.72. The lowest BCUT2D eigenvalue weighted by molar-refractivity contribution is -0.179. The van der Waals surface area contributed by atoms with Gasteiger partial charge >= 0.3 is 7.12 Å². The van der Waals surface area contributed by atoms with Gasteiger partial charge in [-0.3, -0.25) is 0 Å². The summed E-state index contributed by atoms with van der Waals surface area (Å²) in [4.78, 5) is 0.0577. The lowest BCUT2D eigenvalue weighted by Gasteiger charge is -2.36. The van der Waals surface area contributed by atoms with Crippen molar-refractivity contribution in [3.63, 3.8) is 0 Å². The van der Waals surface area contributed by atoms with Gasteiger partial charge in [0.25, 0.3) is 0 Å². The summed E-state index contributed by atoms with van der Waals surface area (Å²) in [5, 5.41) is 18.4. The molecule has 2 saturated heterocycles. The third-order valence-corrected chi connectivity index (χ3v) is 5.99. The Kier molecular flexibility index (Phi) is 4.28. The number of hydrogen-bond donors (Lipinski definition) is 2.